The van der Waals surface area contributed by atoms with Gasteiger partial charge in [-0.25, -0.2) is 0 Å². The van der Waals surface area contributed by atoms with Crippen LogP contribution in [-0.2, 0) is 12.8 Å². The summed E-state index contributed by atoms with van der Waals surface area (Å²) in [7, 11) is 0. The molecule has 0 atom stereocenters. The Morgan fingerprint density at radius 2 is 1.43 bits per heavy atom. The molecule has 0 saturated heterocycles. The predicted octanol–water partition coefficient (Wildman–Crippen LogP) is 6.79. The van der Waals surface area contributed by atoms with Gasteiger partial charge in [0.1, 0.15) is 0 Å². The molecule has 0 aliphatic carbocycles. The van der Waals surface area contributed by atoms with Crippen LogP contribution >= 0.6 is 0 Å². The van der Waals surface area contributed by atoms with Crippen molar-refractivity contribution in [1.29, 1.82) is 0 Å². The quantitative estimate of drug-likeness (QED) is 0.377. The Labute approximate surface area is 183 Å². The van der Waals surface area contributed by atoms with E-state index in [4.69, 9.17) is 0 Å². The monoisotopic (exact) mass is 400 g/mol. The van der Waals surface area contributed by atoms with Gasteiger partial charge in [0.05, 0.1) is 0 Å². The van der Waals surface area contributed by atoms with Crippen molar-refractivity contribution < 1.29 is 0 Å². The number of aryl methyl sites for hydroxylation is 3. The van der Waals surface area contributed by atoms with E-state index in [-0.39, 0.29) is 0 Å². The fourth-order valence-corrected chi connectivity index (χ4v) is 3.98. The SMILES string of the molecule is CCN(CC)c1ccc(C)c(Cc2cc(NCCCc3ccccc3)ccc2C)c1. The van der Waals surface area contributed by atoms with Gasteiger partial charge in [0.15, 0.2) is 0 Å². The normalized spacial score (nSPS) is 10.8. The van der Waals surface area contributed by atoms with Crippen molar-refractivity contribution >= 4 is 11.4 Å². The third-order valence-electron chi connectivity index (χ3n) is 6.01. The van der Waals surface area contributed by atoms with Crippen LogP contribution in [0.15, 0.2) is 66.7 Å². The Kier molecular flexibility index (Phi) is 7.96. The molecule has 0 bridgehead atoms. The molecular formula is C28H36N2. The molecule has 2 nitrogen and oxygen atoms in total. The lowest BCUT2D eigenvalue weighted by molar-refractivity contribution is 0.862. The number of benzene rings is 3. The highest BCUT2D eigenvalue weighted by Gasteiger charge is 2.08. The lowest BCUT2D eigenvalue weighted by Crippen LogP contribution is -2.21. The van der Waals surface area contributed by atoms with Crippen LogP contribution in [0.1, 0.15) is 48.1 Å². The first-order chi connectivity index (χ1) is 14.6. The zero-order valence-electron chi connectivity index (χ0n) is 19.0. The molecule has 0 aliphatic heterocycles. The lowest BCUT2D eigenvalue weighted by Gasteiger charge is -2.22. The molecule has 0 heterocycles. The van der Waals surface area contributed by atoms with Gasteiger partial charge >= 0.3 is 0 Å². The molecule has 0 saturated carbocycles. The molecule has 0 fully saturated rings. The zero-order valence-corrected chi connectivity index (χ0v) is 19.0. The van der Waals surface area contributed by atoms with Crippen molar-refractivity contribution in [3.8, 4) is 0 Å². The summed E-state index contributed by atoms with van der Waals surface area (Å²) in [6, 6.07) is 24.4. The van der Waals surface area contributed by atoms with E-state index in [0.717, 1.165) is 38.9 Å². The summed E-state index contributed by atoms with van der Waals surface area (Å²) in [5, 5.41) is 3.62. The number of rotatable bonds is 10. The summed E-state index contributed by atoms with van der Waals surface area (Å²) >= 11 is 0. The van der Waals surface area contributed by atoms with Gasteiger partial charge < -0.3 is 10.2 Å². The van der Waals surface area contributed by atoms with Gasteiger partial charge in [0.2, 0.25) is 0 Å². The first kappa shape index (κ1) is 22.0. The van der Waals surface area contributed by atoms with E-state index in [2.05, 4.69) is 105 Å². The molecule has 3 aromatic carbocycles. The van der Waals surface area contributed by atoms with Gasteiger partial charge in [-0.2, -0.15) is 0 Å². The minimum Gasteiger partial charge on any atom is -0.385 e. The first-order valence-corrected chi connectivity index (χ1v) is 11.3. The minimum absolute atomic E-state index is 0.978. The third-order valence-corrected chi connectivity index (χ3v) is 6.01. The summed E-state index contributed by atoms with van der Waals surface area (Å²) in [5.74, 6) is 0. The van der Waals surface area contributed by atoms with E-state index >= 15 is 0 Å². The Hall–Kier alpha value is -2.74. The molecule has 0 aromatic heterocycles. The van der Waals surface area contributed by atoms with Gasteiger partial charge in [0.25, 0.3) is 0 Å². The number of hydrogen-bond donors (Lipinski definition) is 1. The van der Waals surface area contributed by atoms with Crippen molar-refractivity contribution in [3.05, 3.63) is 94.5 Å². The van der Waals surface area contributed by atoms with Crippen LogP contribution in [0, 0.1) is 13.8 Å². The van der Waals surface area contributed by atoms with Crippen molar-refractivity contribution in [3.63, 3.8) is 0 Å². The van der Waals surface area contributed by atoms with E-state index in [1.165, 1.54) is 39.2 Å². The van der Waals surface area contributed by atoms with Gasteiger partial charge in [0, 0.05) is 31.0 Å². The number of nitrogens with one attached hydrogen (secondary N) is 1. The smallest absolute Gasteiger partial charge is 0.0369 e. The molecule has 1 N–H and O–H groups in total. The molecule has 0 aliphatic rings. The summed E-state index contributed by atoms with van der Waals surface area (Å²) in [4.78, 5) is 2.42. The van der Waals surface area contributed by atoms with Crippen LogP contribution < -0.4 is 10.2 Å². The second-order valence-electron chi connectivity index (χ2n) is 8.12. The van der Waals surface area contributed by atoms with Crippen LogP contribution in [0.2, 0.25) is 0 Å². The molecular weight excluding hydrogens is 364 g/mol. The van der Waals surface area contributed by atoms with Crippen LogP contribution in [0.4, 0.5) is 11.4 Å². The molecule has 30 heavy (non-hydrogen) atoms. The largest absolute Gasteiger partial charge is 0.385 e. The average Bonchev–Trinajstić information content (AvgIpc) is 2.77. The van der Waals surface area contributed by atoms with Gasteiger partial charge in [-0.15, -0.1) is 0 Å². The highest BCUT2D eigenvalue weighted by molar-refractivity contribution is 5.54. The second kappa shape index (κ2) is 10.9. The van der Waals surface area contributed by atoms with Crippen molar-refractivity contribution in [1.82, 2.24) is 0 Å². The molecule has 0 radical (unpaired) electrons. The Bertz CT molecular complexity index is 927. The van der Waals surface area contributed by atoms with Crippen LogP contribution in [-0.4, -0.2) is 19.6 Å². The average molecular weight is 401 g/mol. The highest BCUT2D eigenvalue weighted by atomic mass is 15.1. The first-order valence-electron chi connectivity index (χ1n) is 11.3. The van der Waals surface area contributed by atoms with E-state index in [9.17, 15) is 0 Å². The van der Waals surface area contributed by atoms with E-state index in [1.54, 1.807) is 0 Å². The summed E-state index contributed by atoms with van der Waals surface area (Å²) in [6.45, 7) is 12.0. The zero-order chi connectivity index (χ0) is 21.3. The third kappa shape index (κ3) is 5.89. The molecule has 3 rings (SSSR count). The minimum atomic E-state index is 0.978. The maximum Gasteiger partial charge on any atom is 0.0369 e. The fraction of sp³-hybridized carbons (Fsp3) is 0.357. The van der Waals surface area contributed by atoms with Crippen LogP contribution in [0.3, 0.4) is 0 Å². The fourth-order valence-electron chi connectivity index (χ4n) is 3.98. The predicted molar refractivity (Wildman–Crippen MR) is 132 cm³/mol. The number of nitrogens with zero attached hydrogens (tertiary/aromatic N) is 1. The lowest BCUT2D eigenvalue weighted by atomic mass is 9.96. The van der Waals surface area contributed by atoms with Gasteiger partial charge in [-0.1, -0.05) is 42.5 Å². The van der Waals surface area contributed by atoms with Crippen molar-refractivity contribution in [2.24, 2.45) is 0 Å². The molecule has 3 aromatic rings. The molecule has 0 unspecified atom stereocenters. The standard InChI is InChI=1S/C28H36N2/c1-5-30(6-2)28-17-15-23(4)26(21-28)19-25-20-27(16-14-22(25)3)29-18-10-13-24-11-8-7-9-12-24/h7-9,11-12,14-17,20-21,29H,5-6,10,13,18-19H2,1-4H3. The van der Waals surface area contributed by atoms with E-state index < -0.39 is 0 Å². The highest BCUT2D eigenvalue weighted by Crippen LogP contribution is 2.24. The van der Waals surface area contributed by atoms with Gasteiger partial charge in [-0.3, -0.25) is 0 Å². The van der Waals surface area contributed by atoms with Gasteiger partial charge in [-0.05, 0) is 99.0 Å². The Balaban J connectivity index is 1.66. The van der Waals surface area contributed by atoms with Crippen LogP contribution in [0.25, 0.3) is 0 Å². The van der Waals surface area contributed by atoms with E-state index in [1.807, 2.05) is 0 Å². The van der Waals surface area contributed by atoms with Crippen molar-refractivity contribution in [2.45, 2.75) is 47.0 Å². The molecule has 2 heteroatoms. The summed E-state index contributed by atoms with van der Waals surface area (Å²) < 4.78 is 0. The molecule has 158 valence electrons. The topological polar surface area (TPSA) is 15.3 Å². The maximum atomic E-state index is 3.62. The Morgan fingerprint density at radius 3 is 2.13 bits per heavy atom. The van der Waals surface area contributed by atoms with E-state index in [0.29, 0.717) is 0 Å². The number of hydrogen-bond acceptors (Lipinski definition) is 2. The number of anilines is 2. The molecule has 0 spiro atoms. The second-order valence-corrected chi connectivity index (χ2v) is 8.12. The summed E-state index contributed by atoms with van der Waals surface area (Å²) in [5.41, 5.74) is 9.51. The Morgan fingerprint density at radius 1 is 0.767 bits per heavy atom. The molecule has 0 amide bonds. The van der Waals surface area contributed by atoms with Crippen LogP contribution in [0.5, 0.6) is 0 Å². The van der Waals surface area contributed by atoms with Crippen molar-refractivity contribution in [2.75, 3.05) is 29.9 Å². The maximum absolute atomic E-state index is 3.62. The summed E-state index contributed by atoms with van der Waals surface area (Å²) in [6.07, 6.45) is 3.23.